The summed E-state index contributed by atoms with van der Waals surface area (Å²) in [6, 6.07) is 13.4. The van der Waals surface area contributed by atoms with Crippen LogP contribution in [-0.2, 0) is 40.9 Å². The van der Waals surface area contributed by atoms with Crippen LogP contribution in [0.4, 0.5) is 4.39 Å². The van der Waals surface area contributed by atoms with E-state index in [-0.39, 0.29) is 17.2 Å². The van der Waals surface area contributed by atoms with Crippen molar-refractivity contribution in [3.05, 3.63) is 76.3 Å². The van der Waals surface area contributed by atoms with Crippen molar-refractivity contribution in [1.29, 1.82) is 0 Å². The summed E-state index contributed by atoms with van der Waals surface area (Å²) < 4.78 is 25.6. The predicted octanol–water partition coefficient (Wildman–Crippen LogP) is 5.51. The molecule has 3 aromatic rings. The molecule has 194 valence electrons. The number of fused-ring (bicyclic) bond motifs is 3. The Morgan fingerprint density at radius 3 is 2.65 bits per heavy atom. The highest BCUT2D eigenvalue weighted by Gasteiger charge is 2.35. The van der Waals surface area contributed by atoms with Crippen LogP contribution in [0.5, 0.6) is 0 Å². The van der Waals surface area contributed by atoms with Crippen molar-refractivity contribution in [2.45, 2.75) is 63.5 Å². The van der Waals surface area contributed by atoms with E-state index < -0.39 is 5.97 Å². The van der Waals surface area contributed by atoms with Gasteiger partial charge in [-0.15, -0.1) is 0 Å². The molecule has 1 saturated carbocycles. The number of carbonyl (C=O) groups is 1. The van der Waals surface area contributed by atoms with Crippen LogP contribution in [0, 0.1) is 11.7 Å². The Bertz CT molecular complexity index is 1270. The number of hydrogen-bond donors (Lipinski definition) is 1. The molecule has 2 fully saturated rings. The number of ether oxygens (including phenoxy) is 1. The summed E-state index contributed by atoms with van der Waals surface area (Å²) in [7, 11) is 0. The lowest BCUT2D eigenvalue weighted by atomic mass is 9.70. The molecule has 0 radical (unpaired) electrons. The van der Waals surface area contributed by atoms with Gasteiger partial charge < -0.3 is 14.4 Å². The molecule has 0 amide bonds. The molecule has 2 aromatic carbocycles. The Labute approximate surface area is 216 Å². The Hall–Kier alpha value is -3.03. The molecule has 6 nitrogen and oxygen atoms in total. The van der Waals surface area contributed by atoms with E-state index in [9.17, 15) is 9.18 Å². The normalized spacial score (nSPS) is 19.2. The van der Waals surface area contributed by atoms with Gasteiger partial charge >= 0.3 is 5.97 Å². The van der Waals surface area contributed by atoms with Gasteiger partial charge in [0.05, 0.1) is 12.5 Å². The predicted molar refractivity (Wildman–Crippen MR) is 137 cm³/mol. The van der Waals surface area contributed by atoms with E-state index in [0.717, 1.165) is 73.2 Å². The fourth-order valence-electron chi connectivity index (χ4n) is 6.37. The van der Waals surface area contributed by atoms with Crippen LogP contribution in [0.1, 0.15) is 60.1 Å². The molecule has 1 saturated heterocycles. The van der Waals surface area contributed by atoms with Gasteiger partial charge in [-0.2, -0.15) is 0 Å². The number of halogens is 1. The molecule has 37 heavy (non-hydrogen) atoms. The minimum atomic E-state index is -0.704. The molecule has 0 unspecified atom stereocenters. The van der Waals surface area contributed by atoms with E-state index in [4.69, 9.17) is 14.4 Å². The Morgan fingerprint density at radius 1 is 1.11 bits per heavy atom. The standard InChI is InChI=1S/C30H33FN2O4/c31-24-8-6-23(7-9-24)30(12-2-1-3-13-30)19-36-18-27-26-11-5-21-14-20(4-10-25(21)28(26)32-37-27)15-33-16-22(17-33)29(34)35/h4,6-10,14,22H,1-3,5,11-13,15-19H2,(H,34,35). The number of nitrogens with zero attached hydrogens (tertiary/aromatic N) is 2. The van der Waals surface area contributed by atoms with Gasteiger partial charge in [0.1, 0.15) is 18.1 Å². The number of aryl methyl sites for hydroxylation is 1. The Morgan fingerprint density at radius 2 is 1.89 bits per heavy atom. The average molecular weight is 505 g/mol. The quantitative estimate of drug-likeness (QED) is 0.436. The van der Waals surface area contributed by atoms with Crippen molar-refractivity contribution in [2.24, 2.45) is 5.92 Å². The second kappa shape index (κ2) is 10.0. The van der Waals surface area contributed by atoms with Crippen molar-refractivity contribution in [3.63, 3.8) is 0 Å². The molecule has 6 rings (SSSR count). The third-order valence-corrected chi connectivity index (χ3v) is 8.53. The van der Waals surface area contributed by atoms with E-state index in [1.807, 2.05) is 12.1 Å². The fourth-order valence-corrected chi connectivity index (χ4v) is 6.37. The van der Waals surface area contributed by atoms with Crippen LogP contribution in [0.2, 0.25) is 0 Å². The van der Waals surface area contributed by atoms with Crippen LogP contribution in [0.3, 0.4) is 0 Å². The maximum Gasteiger partial charge on any atom is 0.309 e. The fraction of sp³-hybridized carbons (Fsp3) is 0.467. The Kier molecular flexibility index (Phi) is 6.59. The van der Waals surface area contributed by atoms with Gasteiger partial charge in [-0.25, -0.2) is 4.39 Å². The van der Waals surface area contributed by atoms with Gasteiger partial charge in [-0.1, -0.05) is 54.8 Å². The van der Waals surface area contributed by atoms with E-state index in [0.29, 0.717) is 26.3 Å². The first-order valence-electron chi connectivity index (χ1n) is 13.4. The molecule has 3 aliphatic rings. The molecule has 0 atom stereocenters. The molecule has 2 aliphatic carbocycles. The van der Waals surface area contributed by atoms with E-state index in [2.05, 4.69) is 28.3 Å². The maximum atomic E-state index is 13.5. The summed E-state index contributed by atoms with van der Waals surface area (Å²) in [5.74, 6) is -0.345. The van der Waals surface area contributed by atoms with Crippen molar-refractivity contribution < 1.29 is 23.6 Å². The van der Waals surface area contributed by atoms with E-state index in [1.54, 1.807) is 12.1 Å². The molecule has 7 heteroatoms. The van der Waals surface area contributed by atoms with Crippen LogP contribution < -0.4 is 0 Å². The minimum absolute atomic E-state index is 0.0734. The maximum absolute atomic E-state index is 13.5. The average Bonchev–Trinajstić information content (AvgIpc) is 3.30. The van der Waals surface area contributed by atoms with Crippen LogP contribution in [0.25, 0.3) is 11.3 Å². The topological polar surface area (TPSA) is 75.8 Å². The van der Waals surface area contributed by atoms with E-state index in [1.165, 1.54) is 17.5 Å². The highest BCUT2D eigenvalue weighted by atomic mass is 19.1. The molecular weight excluding hydrogens is 471 g/mol. The third kappa shape index (κ3) is 4.82. The zero-order valence-electron chi connectivity index (χ0n) is 21.0. The molecule has 1 aliphatic heterocycles. The SMILES string of the molecule is O=C(O)C1CN(Cc2ccc3c(c2)CCc2c-3noc2COCC2(c3ccc(F)cc3)CCCCC2)C1. The zero-order chi connectivity index (χ0) is 25.4. The van der Waals surface area contributed by atoms with Gasteiger partial charge in [0.2, 0.25) is 0 Å². The number of likely N-dealkylation sites (tertiary alicyclic amines) is 1. The number of carboxylic acid groups (broad SMARTS) is 1. The van der Waals surface area contributed by atoms with Gasteiger partial charge in [0.15, 0.2) is 5.76 Å². The summed E-state index contributed by atoms with van der Waals surface area (Å²) in [6.45, 7) is 2.99. The first-order valence-corrected chi connectivity index (χ1v) is 13.4. The van der Waals surface area contributed by atoms with E-state index >= 15 is 0 Å². The molecular formula is C30H33FN2O4. The van der Waals surface area contributed by atoms with Crippen LogP contribution in [0.15, 0.2) is 47.0 Å². The molecule has 2 heterocycles. The van der Waals surface area contributed by atoms with Gasteiger partial charge in [-0.3, -0.25) is 9.69 Å². The first-order chi connectivity index (χ1) is 18.0. The summed E-state index contributed by atoms with van der Waals surface area (Å²) in [6.07, 6.45) is 7.45. The summed E-state index contributed by atoms with van der Waals surface area (Å²) in [5.41, 5.74) is 6.71. The van der Waals surface area contributed by atoms with Crippen molar-refractivity contribution >= 4 is 5.97 Å². The summed E-state index contributed by atoms with van der Waals surface area (Å²) in [5, 5.41) is 13.5. The highest BCUT2D eigenvalue weighted by Crippen LogP contribution is 2.41. The van der Waals surface area contributed by atoms with Gasteiger partial charge in [0, 0.05) is 36.2 Å². The van der Waals surface area contributed by atoms with Crippen molar-refractivity contribution in [3.8, 4) is 11.3 Å². The summed E-state index contributed by atoms with van der Waals surface area (Å²) in [4.78, 5) is 13.2. The minimum Gasteiger partial charge on any atom is -0.481 e. The first kappa shape index (κ1) is 24.3. The number of carboxylic acids is 1. The number of benzene rings is 2. The number of rotatable bonds is 8. The zero-order valence-corrected chi connectivity index (χ0v) is 21.0. The smallest absolute Gasteiger partial charge is 0.309 e. The molecule has 0 bridgehead atoms. The lowest BCUT2D eigenvalue weighted by Crippen LogP contribution is -2.49. The van der Waals surface area contributed by atoms with Crippen LogP contribution in [-0.4, -0.2) is 40.8 Å². The second-order valence-corrected chi connectivity index (χ2v) is 11.0. The second-order valence-electron chi connectivity index (χ2n) is 11.0. The molecule has 1 N–H and O–H groups in total. The van der Waals surface area contributed by atoms with Crippen LogP contribution >= 0.6 is 0 Å². The molecule has 0 spiro atoms. The number of aromatic nitrogens is 1. The number of hydrogen-bond acceptors (Lipinski definition) is 5. The highest BCUT2D eigenvalue weighted by molar-refractivity contribution is 5.72. The molecule has 1 aromatic heterocycles. The lowest BCUT2D eigenvalue weighted by Gasteiger charge is -2.37. The van der Waals surface area contributed by atoms with Crippen molar-refractivity contribution in [2.75, 3.05) is 19.7 Å². The lowest BCUT2D eigenvalue weighted by molar-refractivity contribution is -0.147. The largest absolute Gasteiger partial charge is 0.481 e. The van der Waals surface area contributed by atoms with Crippen molar-refractivity contribution in [1.82, 2.24) is 10.1 Å². The Balaban J connectivity index is 1.12. The summed E-state index contributed by atoms with van der Waals surface area (Å²) >= 11 is 0. The number of aliphatic carboxylic acids is 1. The van der Waals surface area contributed by atoms with Gasteiger partial charge in [0.25, 0.3) is 0 Å². The monoisotopic (exact) mass is 504 g/mol. The third-order valence-electron chi connectivity index (χ3n) is 8.53. The van der Waals surface area contributed by atoms with Gasteiger partial charge in [-0.05, 0) is 54.5 Å².